The summed E-state index contributed by atoms with van der Waals surface area (Å²) in [5.41, 5.74) is 1.25. The Morgan fingerprint density at radius 1 is 1.18 bits per heavy atom. The number of rotatable bonds is 5. The molecule has 2 aromatic rings. The van der Waals surface area contributed by atoms with E-state index < -0.39 is 0 Å². The Kier molecular flexibility index (Phi) is 6.14. The summed E-state index contributed by atoms with van der Waals surface area (Å²) >= 11 is 3.48. The molecular formula is C20H27BrN6O. The van der Waals surface area contributed by atoms with Crippen LogP contribution in [0.25, 0.3) is 0 Å². The molecule has 28 heavy (non-hydrogen) atoms. The van der Waals surface area contributed by atoms with Crippen molar-refractivity contribution in [2.45, 2.75) is 44.1 Å². The van der Waals surface area contributed by atoms with E-state index in [1.807, 2.05) is 0 Å². The number of amides is 2. The summed E-state index contributed by atoms with van der Waals surface area (Å²) in [5, 5.41) is 13.1. The Morgan fingerprint density at radius 2 is 1.96 bits per heavy atom. The number of urea groups is 1. The van der Waals surface area contributed by atoms with Crippen LogP contribution in [0.3, 0.4) is 0 Å². The number of hydrogen-bond donors (Lipinski definition) is 3. The third kappa shape index (κ3) is 4.84. The van der Waals surface area contributed by atoms with Gasteiger partial charge in [0.1, 0.15) is 12.2 Å². The molecular weight excluding hydrogens is 420 g/mol. The van der Waals surface area contributed by atoms with Crippen LogP contribution >= 0.6 is 15.9 Å². The first-order valence-corrected chi connectivity index (χ1v) is 10.9. The molecule has 0 bridgehead atoms. The van der Waals surface area contributed by atoms with Crippen molar-refractivity contribution in [1.82, 2.24) is 25.8 Å². The summed E-state index contributed by atoms with van der Waals surface area (Å²) in [4.78, 5) is 18.9. The molecule has 0 spiro atoms. The van der Waals surface area contributed by atoms with Crippen molar-refractivity contribution in [2.75, 3.05) is 24.5 Å². The molecule has 1 atom stereocenters. The predicted octanol–water partition coefficient (Wildman–Crippen LogP) is 3.42. The highest BCUT2D eigenvalue weighted by atomic mass is 79.9. The Labute approximate surface area is 173 Å². The van der Waals surface area contributed by atoms with E-state index in [2.05, 4.69) is 70.9 Å². The molecule has 2 amide bonds. The van der Waals surface area contributed by atoms with Gasteiger partial charge in [-0.15, -0.1) is 0 Å². The number of H-pyrrole nitrogens is 1. The first kappa shape index (κ1) is 19.2. The van der Waals surface area contributed by atoms with Gasteiger partial charge in [-0.25, -0.2) is 9.78 Å². The van der Waals surface area contributed by atoms with Crippen LogP contribution in [0.5, 0.6) is 0 Å². The molecule has 2 fully saturated rings. The first-order valence-electron chi connectivity index (χ1n) is 10.1. The number of aromatic nitrogens is 3. The van der Waals surface area contributed by atoms with Gasteiger partial charge in [-0.1, -0.05) is 15.9 Å². The molecule has 1 aromatic heterocycles. The lowest BCUT2D eigenvalue weighted by molar-refractivity contribution is 0.229. The highest BCUT2D eigenvalue weighted by molar-refractivity contribution is 9.10. The summed E-state index contributed by atoms with van der Waals surface area (Å²) in [6, 6.07) is 8.65. The number of aromatic amines is 1. The zero-order valence-corrected chi connectivity index (χ0v) is 17.5. The van der Waals surface area contributed by atoms with E-state index in [9.17, 15) is 4.79 Å². The van der Waals surface area contributed by atoms with E-state index in [-0.39, 0.29) is 12.1 Å². The van der Waals surface area contributed by atoms with Crippen LogP contribution in [0.1, 0.15) is 43.8 Å². The van der Waals surface area contributed by atoms with Gasteiger partial charge in [-0.2, -0.15) is 5.10 Å². The molecule has 2 aliphatic rings. The molecule has 1 aromatic carbocycles. The molecule has 1 aliphatic heterocycles. The van der Waals surface area contributed by atoms with Crippen LogP contribution in [0.2, 0.25) is 0 Å². The zero-order chi connectivity index (χ0) is 19.3. The standard InChI is InChI=1S/C20H27BrN6O/c21-16-3-7-18(8-4-16)27-10-9-14(12-27)11-22-20(28)25-17-5-1-15(2-6-17)19-23-13-24-26-19/h3-4,7-8,13-15,17H,1-2,5-6,9-12H2,(H2,22,25,28)(H,23,24,26). The van der Waals surface area contributed by atoms with E-state index >= 15 is 0 Å². The molecule has 0 radical (unpaired) electrons. The molecule has 150 valence electrons. The lowest BCUT2D eigenvalue weighted by atomic mass is 9.85. The monoisotopic (exact) mass is 446 g/mol. The minimum atomic E-state index is -0.0368. The fourth-order valence-corrected chi connectivity index (χ4v) is 4.55. The van der Waals surface area contributed by atoms with Crippen molar-refractivity contribution in [2.24, 2.45) is 5.92 Å². The Bertz CT molecular complexity index is 758. The Hall–Kier alpha value is -2.09. The quantitative estimate of drug-likeness (QED) is 0.656. The number of carbonyl (C=O) groups is 1. The van der Waals surface area contributed by atoms with Gasteiger partial charge in [0.15, 0.2) is 0 Å². The lowest BCUT2D eigenvalue weighted by Crippen LogP contribution is -2.45. The number of carbonyl (C=O) groups excluding carboxylic acids is 1. The SMILES string of the molecule is O=C(NCC1CCN(c2ccc(Br)cc2)C1)NC1CCC(c2ncn[nH]2)CC1. The molecule has 4 rings (SSSR count). The van der Waals surface area contributed by atoms with Gasteiger partial charge in [0.25, 0.3) is 0 Å². The lowest BCUT2D eigenvalue weighted by Gasteiger charge is -2.28. The van der Waals surface area contributed by atoms with E-state index in [4.69, 9.17) is 0 Å². The second kappa shape index (κ2) is 8.94. The summed E-state index contributed by atoms with van der Waals surface area (Å²) in [7, 11) is 0. The summed E-state index contributed by atoms with van der Waals surface area (Å²) in [6.45, 7) is 2.76. The van der Waals surface area contributed by atoms with E-state index in [0.29, 0.717) is 11.8 Å². The van der Waals surface area contributed by atoms with Crippen LogP contribution in [-0.4, -0.2) is 46.9 Å². The highest BCUT2D eigenvalue weighted by Crippen LogP contribution is 2.30. The van der Waals surface area contributed by atoms with Gasteiger partial charge in [-0.3, -0.25) is 5.10 Å². The fraction of sp³-hybridized carbons (Fsp3) is 0.550. The molecule has 8 heteroatoms. The van der Waals surface area contributed by atoms with E-state index in [1.165, 1.54) is 5.69 Å². The summed E-state index contributed by atoms with van der Waals surface area (Å²) in [6.07, 6.45) is 6.71. The molecule has 3 N–H and O–H groups in total. The third-order valence-corrected chi connectivity index (χ3v) is 6.44. The van der Waals surface area contributed by atoms with Crippen LogP contribution in [0.15, 0.2) is 35.1 Å². The van der Waals surface area contributed by atoms with E-state index in [1.54, 1.807) is 6.33 Å². The topological polar surface area (TPSA) is 85.9 Å². The molecule has 1 unspecified atom stereocenters. The van der Waals surface area contributed by atoms with Crippen molar-refractivity contribution >= 4 is 27.6 Å². The van der Waals surface area contributed by atoms with Gasteiger partial charge in [0, 0.05) is 41.8 Å². The van der Waals surface area contributed by atoms with Crippen LogP contribution in [0, 0.1) is 5.92 Å². The van der Waals surface area contributed by atoms with Crippen molar-refractivity contribution in [3.05, 3.63) is 40.9 Å². The van der Waals surface area contributed by atoms with Gasteiger partial charge >= 0.3 is 6.03 Å². The van der Waals surface area contributed by atoms with Crippen molar-refractivity contribution < 1.29 is 4.79 Å². The number of benzene rings is 1. The average Bonchev–Trinajstić information content (AvgIpc) is 3.40. The third-order valence-electron chi connectivity index (χ3n) is 5.91. The molecule has 1 saturated carbocycles. The minimum absolute atomic E-state index is 0.0368. The average molecular weight is 447 g/mol. The summed E-state index contributed by atoms with van der Waals surface area (Å²) in [5.74, 6) is 1.91. The first-order chi connectivity index (χ1) is 13.7. The second-order valence-corrected chi connectivity index (χ2v) is 8.77. The minimum Gasteiger partial charge on any atom is -0.371 e. The highest BCUT2D eigenvalue weighted by Gasteiger charge is 2.26. The number of hydrogen-bond acceptors (Lipinski definition) is 4. The van der Waals surface area contributed by atoms with E-state index in [0.717, 1.165) is 62.0 Å². The van der Waals surface area contributed by atoms with Crippen LogP contribution in [-0.2, 0) is 0 Å². The number of anilines is 1. The van der Waals surface area contributed by atoms with Crippen molar-refractivity contribution in [3.63, 3.8) is 0 Å². The molecule has 7 nitrogen and oxygen atoms in total. The largest absolute Gasteiger partial charge is 0.371 e. The molecule has 1 saturated heterocycles. The summed E-state index contributed by atoms with van der Waals surface area (Å²) < 4.78 is 1.10. The number of nitrogens with zero attached hydrogens (tertiary/aromatic N) is 3. The fourth-order valence-electron chi connectivity index (χ4n) is 4.28. The van der Waals surface area contributed by atoms with Gasteiger partial charge in [0.2, 0.25) is 0 Å². The van der Waals surface area contributed by atoms with Crippen molar-refractivity contribution in [1.29, 1.82) is 0 Å². The molecule has 1 aliphatic carbocycles. The molecule has 2 heterocycles. The second-order valence-electron chi connectivity index (χ2n) is 7.85. The number of halogens is 1. The Morgan fingerprint density at radius 3 is 2.68 bits per heavy atom. The maximum Gasteiger partial charge on any atom is 0.315 e. The van der Waals surface area contributed by atoms with Crippen LogP contribution < -0.4 is 15.5 Å². The van der Waals surface area contributed by atoms with Crippen molar-refractivity contribution in [3.8, 4) is 0 Å². The van der Waals surface area contributed by atoms with Crippen LogP contribution in [0.4, 0.5) is 10.5 Å². The normalized spacial score (nSPS) is 24.9. The number of nitrogens with one attached hydrogen (secondary N) is 3. The van der Waals surface area contributed by atoms with Gasteiger partial charge in [0.05, 0.1) is 0 Å². The predicted molar refractivity (Wildman–Crippen MR) is 112 cm³/mol. The van der Waals surface area contributed by atoms with Gasteiger partial charge < -0.3 is 15.5 Å². The maximum atomic E-state index is 12.3. The maximum absolute atomic E-state index is 12.3. The Balaban J connectivity index is 1.16. The zero-order valence-electron chi connectivity index (χ0n) is 15.9. The smallest absolute Gasteiger partial charge is 0.315 e. The van der Waals surface area contributed by atoms with Gasteiger partial charge in [-0.05, 0) is 62.3 Å².